The highest BCUT2D eigenvalue weighted by atomic mass is 28.4. The van der Waals surface area contributed by atoms with E-state index < -0.39 is 25.7 Å². The minimum atomic E-state index is -1.99. The maximum Gasteiger partial charge on any atom is 0.326 e. The van der Waals surface area contributed by atoms with Crippen LogP contribution in [0.15, 0.2) is 0 Å². The fourth-order valence-electron chi connectivity index (χ4n) is 5.49. The Labute approximate surface area is 189 Å². The lowest BCUT2D eigenvalue weighted by Gasteiger charge is -2.42. The number of carbonyl (C=O) groups excluding carboxylic acids is 2. The summed E-state index contributed by atoms with van der Waals surface area (Å²) in [6.45, 7) is 21.4. The molecule has 0 spiro atoms. The lowest BCUT2D eigenvalue weighted by atomic mass is 9.95. The molecule has 0 radical (unpaired) electrons. The summed E-state index contributed by atoms with van der Waals surface area (Å²) in [7, 11) is -1.99. The maximum atomic E-state index is 12.7. The molecule has 4 atom stereocenters. The monoisotopic (exact) mass is 457 g/mol. The zero-order chi connectivity index (χ0) is 23.8. The molecular formula is C23H43NO6Si. The van der Waals surface area contributed by atoms with E-state index >= 15 is 0 Å². The number of esters is 2. The molecule has 2 saturated heterocycles. The van der Waals surface area contributed by atoms with E-state index in [0.29, 0.717) is 36.1 Å². The molecule has 0 bridgehead atoms. The van der Waals surface area contributed by atoms with Crippen LogP contribution in [-0.2, 0) is 28.3 Å². The first kappa shape index (κ1) is 26.3. The van der Waals surface area contributed by atoms with Crippen molar-refractivity contribution in [1.82, 2.24) is 5.06 Å². The van der Waals surface area contributed by atoms with Gasteiger partial charge < -0.3 is 13.9 Å². The van der Waals surface area contributed by atoms with E-state index in [0.717, 1.165) is 0 Å². The number of fused-ring (bicyclic) bond motifs is 1. The second-order valence-corrected chi connectivity index (χ2v) is 16.4. The third kappa shape index (κ3) is 5.52. The van der Waals surface area contributed by atoms with Crippen molar-refractivity contribution in [3.8, 4) is 0 Å². The van der Waals surface area contributed by atoms with Crippen molar-refractivity contribution in [3.05, 3.63) is 0 Å². The fourth-order valence-corrected chi connectivity index (χ4v) is 10.9. The first-order chi connectivity index (χ1) is 14.2. The van der Waals surface area contributed by atoms with Crippen molar-refractivity contribution in [2.75, 3.05) is 13.2 Å². The van der Waals surface area contributed by atoms with Gasteiger partial charge in [-0.05, 0) is 43.8 Å². The van der Waals surface area contributed by atoms with Crippen LogP contribution in [0.2, 0.25) is 16.6 Å². The molecular weight excluding hydrogens is 414 g/mol. The van der Waals surface area contributed by atoms with E-state index in [-0.39, 0.29) is 24.5 Å². The molecule has 2 rings (SSSR count). The van der Waals surface area contributed by atoms with Crippen LogP contribution >= 0.6 is 0 Å². The summed E-state index contributed by atoms with van der Waals surface area (Å²) in [5.41, 5.74) is 0.301. The van der Waals surface area contributed by atoms with Crippen molar-refractivity contribution in [2.45, 2.75) is 116 Å². The summed E-state index contributed by atoms with van der Waals surface area (Å²) >= 11 is 0. The summed E-state index contributed by atoms with van der Waals surface area (Å²) in [6.07, 6.45) is 1.18. The largest absolute Gasteiger partial charge is 0.465 e. The Kier molecular flexibility index (Phi) is 8.05. The molecule has 2 fully saturated rings. The SMILES string of the molecule is CC(=O)OCC1CC(C(=O)OC(C)(C)C)N2OC12CCO[Si](C(C)C)(C(C)C)C(C)C. The first-order valence-electron chi connectivity index (χ1n) is 11.7. The molecule has 0 N–H and O–H groups in total. The molecule has 0 amide bonds. The second kappa shape index (κ2) is 9.49. The Morgan fingerprint density at radius 1 is 1.10 bits per heavy atom. The summed E-state index contributed by atoms with van der Waals surface area (Å²) < 4.78 is 17.6. The van der Waals surface area contributed by atoms with E-state index in [9.17, 15) is 9.59 Å². The molecule has 31 heavy (non-hydrogen) atoms. The van der Waals surface area contributed by atoms with E-state index in [1.807, 2.05) is 20.8 Å². The number of hydrogen-bond donors (Lipinski definition) is 0. The molecule has 7 nitrogen and oxygen atoms in total. The molecule has 4 unspecified atom stereocenters. The number of carbonyl (C=O) groups is 2. The van der Waals surface area contributed by atoms with Gasteiger partial charge in [0, 0.05) is 25.9 Å². The van der Waals surface area contributed by atoms with Gasteiger partial charge in [0.25, 0.3) is 0 Å². The molecule has 0 aliphatic carbocycles. The molecule has 2 aliphatic rings. The van der Waals surface area contributed by atoms with Gasteiger partial charge in [-0.2, -0.15) is 0 Å². The quantitative estimate of drug-likeness (QED) is 0.265. The minimum absolute atomic E-state index is 0.0919. The van der Waals surface area contributed by atoms with Crippen molar-refractivity contribution >= 4 is 20.3 Å². The highest BCUT2D eigenvalue weighted by Crippen LogP contribution is 2.55. The fraction of sp³-hybridized carbons (Fsp3) is 0.913. The molecule has 180 valence electrons. The smallest absolute Gasteiger partial charge is 0.326 e. The van der Waals surface area contributed by atoms with Gasteiger partial charge in [0.1, 0.15) is 11.6 Å². The Bertz CT molecular complexity index is 637. The number of rotatable bonds is 10. The molecule has 0 aromatic heterocycles. The van der Waals surface area contributed by atoms with Crippen molar-refractivity contribution in [3.63, 3.8) is 0 Å². The average Bonchev–Trinajstić information content (AvgIpc) is 3.23. The molecule has 0 aromatic carbocycles. The standard InChI is InChI=1S/C23H43NO6Si/c1-15(2)31(16(3)4,17(5)6)28-12-11-23-19(14-27-18(7)25)13-20(24(23)30-23)21(26)29-22(8,9)10/h15-17,19-20H,11-14H2,1-10H3. The summed E-state index contributed by atoms with van der Waals surface area (Å²) in [5.74, 6) is -0.716. The van der Waals surface area contributed by atoms with E-state index in [4.69, 9.17) is 18.7 Å². The Morgan fingerprint density at radius 2 is 1.65 bits per heavy atom. The van der Waals surface area contributed by atoms with Crippen molar-refractivity contribution < 1.29 is 28.3 Å². The highest BCUT2D eigenvalue weighted by Gasteiger charge is 2.70. The van der Waals surface area contributed by atoms with Crippen molar-refractivity contribution in [2.24, 2.45) is 5.92 Å². The zero-order valence-corrected chi connectivity index (χ0v) is 22.1. The highest BCUT2D eigenvalue weighted by molar-refractivity contribution is 6.77. The van der Waals surface area contributed by atoms with E-state index in [2.05, 4.69) is 41.5 Å². The molecule has 8 heteroatoms. The van der Waals surface area contributed by atoms with E-state index in [1.54, 1.807) is 5.06 Å². The van der Waals surface area contributed by atoms with E-state index in [1.165, 1.54) is 6.92 Å². The third-order valence-electron chi connectivity index (χ3n) is 6.71. The summed E-state index contributed by atoms with van der Waals surface area (Å²) in [4.78, 5) is 30.2. The predicted molar refractivity (Wildman–Crippen MR) is 122 cm³/mol. The van der Waals surface area contributed by atoms with Crippen LogP contribution in [0.25, 0.3) is 0 Å². The first-order valence-corrected chi connectivity index (χ1v) is 13.8. The van der Waals surface area contributed by atoms with Crippen LogP contribution in [0.3, 0.4) is 0 Å². The molecule has 2 aliphatic heterocycles. The van der Waals surface area contributed by atoms with Gasteiger partial charge in [-0.25, -0.2) is 0 Å². The molecule has 0 saturated carbocycles. The maximum absolute atomic E-state index is 12.7. The second-order valence-electron chi connectivity index (χ2n) is 11.0. The summed E-state index contributed by atoms with van der Waals surface area (Å²) in [5, 5.41) is 1.75. The van der Waals surface area contributed by atoms with Crippen LogP contribution in [0.1, 0.15) is 82.1 Å². The Hall–Kier alpha value is -0.963. The normalized spacial score (nSPS) is 28.2. The topological polar surface area (TPSA) is 77.4 Å². The molecule has 2 heterocycles. The van der Waals surface area contributed by atoms with Gasteiger partial charge in [0.15, 0.2) is 14.0 Å². The average molecular weight is 458 g/mol. The van der Waals surface area contributed by atoms with Gasteiger partial charge in [-0.3, -0.25) is 14.4 Å². The van der Waals surface area contributed by atoms with Crippen molar-refractivity contribution in [1.29, 1.82) is 0 Å². The zero-order valence-electron chi connectivity index (χ0n) is 21.1. The van der Waals surface area contributed by atoms with Crippen LogP contribution in [0, 0.1) is 5.92 Å². The van der Waals surface area contributed by atoms with Crippen LogP contribution in [0.5, 0.6) is 0 Å². The summed E-state index contributed by atoms with van der Waals surface area (Å²) in [6, 6.07) is -0.484. The van der Waals surface area contributed by atoms with Gasteiger partial charge >= 0.3 is 11.9 Å². The Morgan fingerprint density at radius 3 is 2.10 bits per heavy atom. The minimum Gasteiger partial charge on any atom is -0.465 e. The predicted octanol–water partition coefficient (Wildman–Crippen LogP) is 4.81. The lowest BCUT2D eigenvalue weighted by Crippen LogP contribution is -2.48. The van der Waals surface area contributed by atoms with Gasteiger partial charge in [-0.1, -0.05) is 41.5 Å². The third-order valence-corrected chi connectivity index (χ3v) is 12.8. The van der Waals surface area contributed by atoms with Crippen LogP contribution in [0.4, 0.5) is 0 Å². The van der Waals surface area contributed by atoms with Crippen LogP contribution in [-0.4, -0.2) is 55.9 Å². The molecule has 0 aromatic rings. The van der Waals surface area contributed by atoms with Gasteiger partial charge in [-0.15, -0.1) is 5.06 Å². The van der Waals surface area contributed by atoms with Gasteiger partial charge in [0.2, 0.25) is 0 Å². The van der Waals surface area contributed by atoms with Crippen LogP contribution < -0.4 is 0 Å². The van der Waals surface area contributed by atoms with Gasteiger partial charge in [0.05, 0.1) is 6.61 Å². The number of hydrogen-bond acceptors (Lipinski definition) is 7. The Balaban J connectivity index is 2.13. The lowest BCUT2D eigenvalue weighted by molar-refractivity contribution is -0.162. The number of hydroxylamine groups is 2. The number of ether oxygens (including phenoxy) is 2. The number of nitrogens with zero attached hydrogens (tertiary/aromatic N) is 1.